The number of aromatic nitrogens is 2. The first-order valence-corrected chi connectivity index (χ1v) is 12.4. The summed E-state index contributed by atoms with van der Waals surface area (Å²) in [5.74, 6) is 0.745. The van der Waals surface area contributed by atoms with E-state index in [0.29, 0.717) is 30.9 Å². The third-order valence-corrected chi connectivity index (χ3v) is 7.67. The van der Waals surface area contributed by atoms with Crippen LogP contribution in [0.2, 0.25) is 0 Å². The smallest absolute Gasteiger partial charge is 0.271 e. The third kappa shape index (κ3) is 5.28. The minimum Gasteiger partial charge on any atom is -0.492 e. The minimum absolute atomic E-state index is 0.243. The van der Waals surface area contributed by atoms with Crippen LogP contribution in [0.15, 0.2) is 64.2 Å². The summed E-state index contributed by atoms with van der Waals surface area (Å²) in [4.78, 5) is 0. The molecule has 0 fully saturated rings. The Morgan fingerprint density at radius 3 is 2.88 bits per heavy atom. The summed E-state index contributed by atoms with van der Waals surface area (Å²) in [5, 5.41) is 23.5. The maximum absolute atomic E-state index is 12.4. The van der Waals surface area contributed by atoms with E-state index in [1.165, 1.54) is 0 Å². The lowest BCUT2D eigenvalue weighted by Crippen LogP contribution is -2.26. The molecule has 0 bridgehead atoms. The number of hydrogen-bond donors (Lipinski definition) is 4. The molecule has 8 nitrogen and oxygen atoms in total. The number of rotatable bonds is 10. The van der Waals surface area contributed by atoms with Crippen LogP contribution in [0.1, 0.15) is 17.4 Å². The molecule has 32 heavy (non-hydrogen) atoms. The zero-order valence-corrected chi connectivity index (χ0v) is 19.0. The zero-order valence-electron chi connectivity index (χ0n) is 17.4. The quantitative estimate of drug-likeness (QED) is 0.263. The predicted molar refractivity (Wildman–Crippen MR) is 126 cm³/mol. The number of aliphatic hydroxyl groups is 1. The highest BCUT2D eigenvalue weighted by Gasteiger charge is 2.16. The van der Waals surface area contributed by atoms with Crippen LogP contribution in [0.4, 0.5) is 5.69 Å². The average molecular weight is 473 g/mol. The second kappa shape index (κ2) is 9.70. The van der Waals surface area contributed by atoms with Crippen molar-refractivity contribution in [2.75, 3.05) is 24.4 Å². The Morgan fingerprint density at radius 1 is 1.19 bits per heavy atom. The molecule has 168 valence electrons. The molecule has 1 atom stereocenters. The lowest BCUT2D eigenvalue weighted by atomic mass is 10.1. The standard InChI is InChI=1S/C22H24N4O4S2/c1-15-19-8-7-18(13-20(19)25-24-15)30-10-9-23-14-21(27)16-4-2-5-17(12-16)26-32(28,29)22-6-3-11-31-22/h2-8,11-13,21,23,26-27H,9-10,14H2,1H3,(H,24,25)/t21-/m0/s1. The molecular weight excluding hydrogens is 448 g/mol. The van der Waals surface area contributed by atoms with Gasteiger partial charge in [-0.1, -0.05) is 18.2 Å². The Kier molecular flexibility index (Phi) is 6.75. The van der Waals surface area contributed by atoms with Crippen LogP contribution in [0.5, 0.6) is 5.75 Å². The summed E-state index contributed by atoms with van der Waals surface area (Å²) in [6, 6.07) is 15.8. The molecule has 2 aromatic heterocycles. The average Bonchev–Trinajstić information content (AvgIpc) is 3.44. The van der Waals surface area contributed by atoms with Crippen LogP contribution in [0.3, 0.4) is 0 Å². The van der Waals surface area contributed by atoms with Crippen LogP contribution < -0.4 is 14.8 Å². The van der Waals surface area contributed by atoms with E-state index >= 15 is 0 Å². The van der Waals surface area contributed by atoms with Gasteiger partial charge in [0.15, 0.2) is 0 Å². The topological polar surface area (TPSA) is 116 Å². The van der Waals surface area contributed by atoms with E-state index in [0.717, 1.165) is 33.7 Å². The Hall–Kier alpha value is -2.92. The van der Waals surface area contributed by atoms with Crippen LogP contribution in [0, 0.1) is 6.92 Å². The molecule has 0 spiro atoms. The number of hydrogen-bond acceptors (Lipinski definition) is 7. The molecule has 0 radical (unpaired) electrons. The summed E-state index contributed by atoms with van der Waals surface area (Å²) in [7, 11) is -3.63. The Morgan fingerprint density at radius 2 is 2.06 bits per heavy atom. The molecule has 0 aliphatic heterocycles. The van der Waals surface area contributed by atoms with Crippen molar-refractivity contribution in [2.45, 2.75) is 17.2 Å². The number of benzene rings is 2. The number of H-pyrrole nitrogens is 1. The second-order valence-corrected chi connectivity index (χ2v) is 10.1. The minimum atomic E-state index is -3.63. The van der Waals surface area contributed by atoms with Crippen molar-refractivity contribution in [3.63, 3.8) is 0 Å². The van der Waals surface area contributed by atoms with E-state index in [1.54, 1.807) is 41.8 Å². The number of aryl methyl sites for hydroxylation is 1. The van der Waals surface area contributed by atoms with Crippen LogP contribution >= 0.6 is 11.3 Å². The van der Waals surface area contributed by atoms with Crippen molar-refractivity contribution in [3.8, 4) is 5.75 Å². The molecule has 4 aromatic rings. The number of aliphatic hydroxyl groups excluding tert-OH is 1. The molecule has 4 rings (SSSR count). The fraction of sp³-hybridized carbons (Fsp3) is 0.227. The number of thiophene rings is 1. The van der Waals surface area contributed by atoms with Gasteiger partial charge in [-0.15, -0.1) is 11.3 Å². The maximum atomic E-state index is 12.4. The molecule has 0 saturated heterocycles. The van der Waals surface area contributed by atoms with Gasteiger partial charge in [0.05, 0.1) is 17.3 Å². The highest BCUT2D eigenvalue weighted by Crippen LogP contribution is 2.23. The molecule has 10 heteroatoms. The van der Waals surface area contributed by atoms with Gasteiger partial charge in [-0.05, 0) is 48.2 Å². The van der Waals surface area contributed by atoms with E-state index in [9.17, 15) is 13.5 Å². The number of nitrogens with one attached hydrogen (secondary N) is 3. The second-order valence-electron chi connectivity index (χ2n) is 7.25. The molecule has 0 aliphatic carbocycles. The molecule has 2 heterocycles. The summed E-state index contributed by atoms with van der Waals surface area (Å²) in [5.41, 5.74) is 2.90. The first kappa shape index (κ1) is 22.3. The van der Waals surface area contributed by atoms with Crippen LogP contribution in [-0.2, 0) is 10.0 Å². The normalized spacial score (nSPS) is 12.7. The molecule has 4 N–H and O–H groups in total. The van der Waals surface area contributed by atoms with E-state index < -0.39 is 16.1 Å². The fourth-order valence-electron chi connectivity index (χ4n) is 3.25. The van der Waals surface area contributed by atoms with Crippen molar-refractivity contribution < 1.29 is 18.3 Å². The highest BCUT2D eigenvalue weighted by atomic mass is 32.2. The number of anilines is 1. The number of sulfonamides is 1. The summed E-state index contributed by atoms with van der Waals surface area (Å²) in [6.07, 6.45) is -0.787. The van der Waals surface area contributed by atoms with Gasteiger partial charge >= 0.3 is 0 Å². The lowest BCUT2D eigenvalue weighted by Gasteiger charge is -2.14. The first-order valence-electron chi connectivity index (χ1n) is 10.0. The SMILES string of the molecule is Cc1n[nH]c2cc(OCCNC[C@H](O)c3cccc(NS(=O)(=O)c4cccs4)c3)ccc12. The van der Waals surface area contributed by atoms with Crippen LogP contribution in [0.25, 0.3) is 10.9 Å². The Bertz CT molecular complexity index is 1290. The third-order valence-electron chi connectivity index (χ3n) is 4.89. The molecule has 0 aliphatic rings. The Balaban J connectivity index is 1.25. The maximum Gasteiger partial charge on any atom is 0.271 e. The molecule has 0 unspecified atom stereocenters. The van der Waals surface area contributed by atoms with Crippen LogP contribution in [-0.4, -0.2) is 43.4 Å². The van der Waals surface area contributed by atoms with Gasteiger partial charge in [-0.25, -0.2) is 8.42 Å². The van der Waals surface area contributed by atoms with Crippen molar-refractivity contribution in [3.05, 3.63) is 71.2 Å². The van der Waals surface area contributed by atoms with E-state index in [-0.39, 0.29) is 4.21 Å². The monoisotopic (exact) mass is 472 g/mol. The Labute approximate surface area is 190 Å². The molecular formula is C22H24N4O4S2. The number of ether oxygens (including phenoxy) is 1. The highest BCUT2D eigenvalue weighted by molar-refractivity contribution is 7.94. The molecule has 0 saturated carbocycles. The van der Waals surface area contributed by atoms with Gasteiger partial charge < -0.3 is 15.2 Å². The van der Waals surface area contributed by atoms with Gasteiger partial charge in [0.1, 0.15) is 16.6 Å². The number of aromatic amines is 1. The zero-order chi connectivity index (χ0) is 22.6. The van der Waals surface area contributed by atoms with Gasteiger partial charge in [0.25, 0.3) is 10.0 Å². The molecule has 2 aromatic carbocycles. The fourth-order valence-corrected chi connectivity index (χ4v) is 5.30. The van der Waals surface area contributed by atoms with Crippen molar-refractivity contribution in [2.24, 2.45) is 0 Å². The van der Waals surface area contributed by atoms with E-state index in [4.69, 9.17) is 4.74 Å². The largest absolute Gasteiger partial charge is 0.492 e. The van der Waals surface area contributed by atoms with Crippen molar-refractivity contribution in [1.82, 2.24) is 15.5 Å². The summed E-state index contributed by atoms with van der Waals surface area (Å²) in [6.45, 7) is 3.24. The summed E-state index contributed by atoms with van der Waals surface area (Å²) >= 11 is 1.15. The first-order chi connectivity index (χ1) is 15.4. The van der Waals surface area contributed by atoms with E-state index in [2.05, 4.69) is 20.2 Å². The lowest BCUT2D eigenvalue weighted by molar-refractivity contribution is 0.172. The predicted octanol–water partition coefficient (Wildman–Crippen LogP) is 3.44. The van der Waals surface area contributed by atoms with Crippen molar-refractivity contribution >= 4 is 38.0 Å². The van der Waals surface area contributed by atoms with Gasteiger partial charge in [-0.2, -0.15) is 5.10 Å². The number of fused-ring (bicyclic) bond motifs is 1. The molecule has 0 amide bonds. The van der Waals surface area contributed by atoms with E-state index in [1.807, 2.05) is 25.1 Å². The van der Waals surface area contributed by atoms with Crippen molar-refractivity contribution in [1.29, 1.82) is 0 Å². The summed E-state index contributed by atoms with van der Waals surface area (Å²) < 4.78 is 33.3. The number of nitrogens with zero attached hydrogens (tertiary/aromatic N) is 1. The van der Waals surface area contributed by atoms with Gasteiger partial charge in [-0.3, -0.25) is 9.82 Å². The van der Waals surface area contributed by atoms with Gasteiger partial charge in [0.2, 0.25) is 0 Å². The van der Waals surface area contributed by atoms with Gasteiger partial charge in [0, 0.05) is 30.2 Å².